The highest BCUT2D eigenvalue weighted by molar-refractivity contribution is 6.01. The van der Waals surface area contributed by atoms with E-state index in [1.807, 2.05) is 0 Å². The van der Waals surface area contributed by atoms with Gasteiger partial charge in [0.15, 0.2) is 5.75 Å². The number of rotatable bonds is 11. The minimum Gasteiger partial charge on any atom is -0.505 e. The highest BCUT2D eigenvalue weighted by Crippen LogP contribution is 2.26. The van der Waals surface area contributed by atoms with E-state index >= 15 is 0 Å². The highest BCUT2D eigenvalue weighted by atomic mass is 19.1. The van der Waals surface area contributed by atoms with Crippen LogP contribution in [0.3, 0.4) is 0 Å². The Morgan fingerprint density at radius 1 is 1.19 bits per heavy atom. The molecule has 11 nitrogen and oxygen atoms in total. The SMILES string of the molecule is COCCNC(=O)c1c(O)c2ncc(Cc3ccc(F)cc3C(=O)N(CCO)CCO)cc2n(C)c1=O. The summed E-state index contributed by atoms with van der Waals surface area (Å²) < 4.78 is 20.1. The first-order valence-electron chi connectivity index (χ1n) is 11.5. The number of aliphatic hydroxyl groups is 2. The summed E-state index contributed by atoms with van der Waals surface area (Å²) in [5.74, 6) is -2.49. The number of carbonyl (C=O) groups excluding carboxylic acids is 2. The van der Waals surface area contributed by atoms with Gasteiger partial charge < -0.3 is 34.8 Å². The van der Waals surface area contributed by atoms with Gasteiger partial charge in [-0.05, 0) is 35.7 Å². The van der Waals surface area contributed by atoms with Crippen LogP contribution in [-0.2, 0) is 18.2 Å². The van der Waals surface area contributed by atoms with Gasteiger partial charge in [0, 0.05) is 45.6 Å². The Morgan fingerprint density at radius 2 is 1.89 bits per heavy atom. The van der Waals surface area contributed by atoms with E-state index in [9.17, 15) is 34.1 Å². The molecule has 0 aliphatic carbocycles. The molecule has 0 bridgehead atoms. The van der Waals surface area contributed by atoms with Gasteiger partial charge in [-0.1, -0.05) is 6.07 Å². The molecule has 12 heteroatoms. The minimum absolute atomic E-state index is 0.0321. The van der Waals surface area contributed by atoms with Crippen LogP contribution in [0.4, 0.5) is 4.39 Å². The number of halogens is 1. The fourth-order valence-electron chi connectivity index (χ4n) is 3.93. The Bertz CT molecular complexity index is 1350. The van der Waals surface area contributed by atoms with Crippen molar-refractivity contribution in [2.75, 3.05) is 46.6 Å². The van der Waals surface area contributed by atoms with Crippen LogP contribution in [0.2, 0.25) is 0 Å². The molecule has 37 heavy (non-hydrogen) atoms. The maximum atomic E-state index is 14.0. The molecular weight excluding hydrogens is 487 g/mol. The third kappa shape index (κ3) is 6.10. The van der Waals surface area contributed by atoms with E-state index in [1.165, 1.54) is 42.0 Å². The van der Waals surface area contributed by atoms with Crippen LogP contribution in [0.15, 0.2) is 35.3 Å². The molecule has 2 heterocycles. The van der Waals surface area contributed by atoms with Gasteiger partial charge in [0.1, 0.15) is 16.9 Å². The quantitative estimate of drug-likeness (QED) is 0.263. The first-order valence-corrected chi connectivity index (χ1v) is 11.5. The van der Waals surface area contributed by atoms with E-state index in [4.69, 9.17) is 4.74 Å². The Kier molecular flexibility index (Phi) is 9.28. The van der Waals surface area contributed by atoms with Crippen molar-refractivity contribution in [3.05, 3.63) is 68.9 Å². The Morgan fingerprint density at radius 3 is 2.54 bits per heavy atom. The molecule has 0 aliphatic heterocycles. The van der Waals surface area contributed by atoms with Crippen LogP contribution in [0, 0.1) is 5.82 Å². The monoisotopic (exact) mass is 516 g/mol. The number of ether oxygens (including phenoxy) is 1. The zero-order valence-electron chi connectivity index (χ0n) is 20.5. The van der Waals surface area contributed by atoms with Gasteiger partial charge in [-0.3, -0.25) is 19.4 Å². The summed E-state index contributed by atoms with van der Waals surface area (Å²) in [5, 5.41) is 31.7. The van der Waals surface area contributed by atoms with Crippen LogP contribution >= 0.6 is 0 Å². The first kappa shape index (κ1) is 27.7. The number of amides is 2. The van der Waals surface area contributed by atoms with Gasteiger partial charge in [0.25, 0.3) is 17.4 Å². The van der Waals surface area contributed by atoms with Crippen LogP contribution in [0.5, 0.6) is 5.75 Å². The number of aromatic nitrogens is 2. The number of fused-ring (bicyclic) bond motifs is 1. The summed E-state index contributed by atoms with van der Waals surface area (Å²) in [6, 6.07) is 5.34. The van der Waals surface area contributed by atoms with Crippen molar-refractivity contribution in [1.82, 2.24) is 19.8 Å². The molecule has 4 N–H and O–H groups in total. The molecule has 1 aromatic carbocycles. The molecule has 0 unspecified atom stereocenters. The standard InChI is InChI=1S/C25H29FN4O7/c1-29-19-12-15(14-28-21(19)22(33)20(25(29)36)23(34)27-5-10-37-2)11-16-3-4-17(26)13-18(16)24(35)30(6-8-31)7-9-32/h3-4,12-14,31-33H,5-11H2,1-2H3,(H,27,34). The average molecular weight is 517 g/mol. The molecule has 0 saturated heterocycles. The number of pyridine rings is 2. The zero-order valence-corrected chi connectivity index (χ0v) is 20.5. The molecule has 0 fully saturated rings. The van der Waals surface area contributed by atoms with Crippen molar-refractivity contribution >= 4 is 22.8 Å². The lowest BCUT2D eigenvalue weighted by atomic mass is 9.99. The second kappa shape index (κ2) is 12.4. The van der Waals surface area contributed by atoms with Crippen LogP contribution in [0.25, 0.3) is 11.0 Å². The van der Waals surface area contributed by atoms with Crippen molar-refractivity contribution < 1.29 is 34.0 Å². The lowest BCUT2D eigenvalue weighted by Crippen LogP contribution is -2.36. The predicted octanol–water partition coefficient (Wildman–Crippen LogP) is 0.172. The second-order valence-corrected chi connectivity index (χ2v) is 8.27. The summed E-state index contributed by atoms with van der Waals surface area (Å²) in [6.07, 6.45) is 1.56. The normalized spacial score (nSPS) is 11.1. The van der Waals surface area contributed by atoms with Crippen molar-refractivity contribution in [3.63, 3.8) is 0 Å². The molecule has 0 spiro atoms. The largest absolute Gasteiger partial charge is 0.505 e. The summed E-state index contributed by atoms with van der Waals surface area (Å²) in [4.78, 5) is 43.9. The van der Waals surface area contributed by atoms with Crippen LogP contribution < -0.4 is 10.9 Å². The smallest absolute Gasteiger partial charge is 0.267 e. The summed E-state index contributed by atoms with van der Waals surface area (Å²) >= 11 is 0. The Hall–Kier alpha value is -3.87. The summed E-state index contributed by atoms with van der Waals surface area (Å²) in [7, 11) is 2.90. The highest BCUT2D eigenvalue weighted by Gasteiger charge is 2.23. The number of methoxy groups -OCH3 is 1. The number of aryl methyl sites for hydroxylation is 1. The maximum Gasteiger partial charge on any atom is 0.267 e. The zero-order chi connectivity index (χ0) is 27.1. The van der Waals surface area contributed by atoms with Crippen LogP contribution in [-0.4, -0.2) is 88.1 Å². The van der Waals surface area contributed by atoms with E-state index in [2.05, 4.69) is 10.3 Å². The third-order valence-corrected chi connectivity index (χ3v) is 5.81. The average Bonchev–Trinajstić information content (AvgIpc) is 2.88. The number of nitrogens with one attached hydrogen (secondary N) is 1. The van der Waals surface area contributed by atoms with E-state index in [1.54, 1.807) is 6.07 Å². The fourth-order valence-corrected chi connectivity index (χ4v) is 3.93. The topological polar surface area (TPSA) is 154 Å². The molecule has 3 aromatic rings. The molecule has 198 valence electrons. The summed E-state index contributed by atoms with van der Waals surface area (Å²) in [6.45, 7) is -0.335. The van der Waals surface area contributed by atoms with E-state index in [0.717, 1.165) is 6.07 Å². The minimum atomic E-state index is -0.757. The van der Waals surface area contributed by atoms with Crippen LogP contribution in [0.1, 0.15) is 31.8 Å². The van der Waals surface area contributed by atoms with Gasteiger partial charge in [-0.15, -0.1) is 0 Å². The van der Waals surface area contributed by atoms with Crippen molar-refractivity contribution in [2.24, 2.45) is 7.05 Å². The number of hydrogen-bond donors (Lipinski definition) is 4. The van der Waals surface area contributed by atoms with Gasteiger partial charge in [0.2, 0.25) is 0 Å². The Balaban J connectivity index is 2.00. The van der Waals surface area contributed by atoms with Gasteiger partial charge in [-0.25, -0.2) is 4.39 Å². The van der Waals surface area contributed by atoms with Crippen molar-refractivity contribution in [3.8, 4) is 5.75 Å². The molecule has 2 aromatic heterocycles. The van der Waals surface area contributed by atoms with E-state index in [0.29, 0.717) is 11.1 Å². The van der Waals surface area contributed by atoms with Gasteiger partial charge in [-0.2, -0.15) is 0 Å². The molecule has 0 radical (unpaired) electrons. The maximum absolute atomic E-state index is 14.0. The molecule has 3 rings (SSSR count). The molecule has 0 aliphatic rings. The second-order valence-electron chi connectivity index (χ2n) is 8.27. The first-order chi connectivity index (χ1) is 17.7. The third-order valence-electron chi connectivity index (χ3n) is 5.81. The van der Waals surface area contributed by atoms with Gasteiger partial charge >= 0.3 is 0 Å². The van der Waals surface area contributed by atoms with E-state index in [-0.39, 0.29) is 62.5 Å². The lowest BCUT2D eigenvalue weighted by molar-refractivity contribution is 0.0683. The lowest BCUT2D eigenvalue weighted by Gasteiger charge is -2.22. The molecule has 0 atom stereocenters. The number of carbonyl (C=O) groups is 2. The van der Waals surface area contributed by atoms with Crippen molar-refractivity contribution in [1.29, 1.82) is 0 Å². The van der Waals surface area contributed by atoms with Crippen molar-refractivity contribution in [2.45, 2.75) is 6.42 Å². The van der Waals surface area contributed by atoms with Gasteiger partial charge in [0.05, 0.1) is 25.3 Å². The Labute approximate surface area is 211 Å². The number of benzene rings is 1. The molecular formula is C25H29FN4O7. The number of aliphatic hydroxyl groups excluding tert-OH is 2. The van der Waals surface area contributed by atoms with E-state index < -0.39 is 34.5 Å². The predicted molar refractivity (Wildman–Crippen MR) is 132 cm³/mol. The fraction of sp³-hybridized carbons (Fsp3) is 0.360. The number of aromatic hydroxyl groups is 1. The summed E-state index contributed by atoms with van der Waals surface area (Å²) in [5.41, 5.74) is 0.195. The number of nitrogens with zero attached hydrogens (tertiary/aromatic N) is 3. The molecule has 0 saturated carbocycles. The number of hydrogen-bond acceptors (Lipinski definition) is 8. The molecule has 2 amide bonds.